The van der Waals surface area contributed by atoms with Crippen LogP contribution in [0.25, 0.3) is 0 Å². The molecule has 7 heteroatoms. The van der Waals surface area contributed by atoms with Crippen LogP contribution in [0.5, 0.6) is 5.75 Å². The number of aromatic nitrogens is 1. The van der Waals surface area contributed by atoms with Gasteiger partial charge >= 0.3 is 5.97 Å². The molecule has 124 valence electrons. The standard InChI is InChI=1S/C17H16N2O4S/c1-11(17(21)22)24-15-6-7-18-10-12(15)16(20)19-8-9-23-14-5-3-2-4-13(14)19/h2-7,10-11H,8-9H2,1H3,(H,21,22). The number of hydrogen-bond acceptors (Lipinski definition) is 5. The minimum absolute atomic E-state index is 0.209. The van der Waals surface area contributed by atoms with Crippen molar-refractivity contribution in [2.24, 2.45) is 0 Å². The molecule has 24 heavy (non-hydrogen) atoms. The normalized spacial score (nSPS) is 14.5. The van der Waals surface area contributed by atoms with Gasteiger partial charge in [-0.2, -0.15) is 0 Å². The number of pyridine rings is 1. The van der Waals surface area contributed by atoms with Gasteiger partial charge in [0.15, 0.2) is 0 Å². The summed E-state index contributed by atoms with van der Waals surface area (Å²) in [4.78, 5) is 30.4. The van der Waals surface area contributed by atoms with Crippen LogP contribution in [0.2, 0.25) is 0 Å². The van der Waals surface area contributed by atoms with E-state index in [4.69, 9.17) is 9.84 Å². The van der Waals surface area contributed by atoms with Gasteiger partial charge in [-0.15, -0.1) is 11.8 Å². The lowest BCUT2D eigenvalue weighted by Gasteiger charge is -2.29. The average Bonchev–Trinajstić information content (AvgIpc) is 2.61. The Hall–Kier alpha value is -2.54. The van der Waals surface area contributed by atoms with E-state index in [9.17, 15) is 9.59 Å². The number of anilines is 1. The highest BCUT2D eigenvalue weighted by Gasteiger charge is 2.27. The molecular formula is C17H16N2O4S. The van der Waals surface area contributed by atoms with Crippen LogP contribution < -0.4 is 9.64 Å². The van der Waals surface area contributed by atoms with Crippen molar-refractivity contribution in [2.45, 2.75) is 17.1 Å². The number of carboxylic acid groups (broad SMARTS) is 1. The molecule has 3 rings (SSSR count). The van der Waals surface area contributed by atoms with Gasteiger partial charge < -0.3 is 14.7 Å². The predicted octanol–water partition coefficient (Wildman–Crippen LogP) is 2.69. The quantitative estimate of drug-likeness (QED) is 0.859. The number of aliphatic carboxylic acids is 1. The summed E-state index contributed by atoms with van der Waals surface area (Å²) in [5.41, 5.74) is 1.10. The summed E-state index contributed by atoms with van der Waals surface area (Å²) in [6, 6.07) is 9.02. The van der Waals surface area contributed by atoms with E-state index in [1.807, 2.05) is 24.3 Å². The zero-order valence-corrected chi connectivity index (χ0v) is 13.8. The van der Waals surface area contributed by atoms with Crippen LogP contribution in [0.4, 0.5) is 5.69 Å². The zero-order chi connectivity index (χ0) is 17.1. The lowest BCUT2D eigenvalue weighted by atomic mass is 10.2. The van der Waals surface area contributed by atoms with Crippen molar-refractivity contribution in [3.8, 4) is 5.75 Å². The molecule has 0 radical (unpaired) electrons. The van der Waals surface area contributed by atoms with Crippen LogP contribution >= 0.6 is 11.8 Å². The van der Waals surface area contributed by atoms with Crippen molar-refractivity contribution in [3.05, 3.63) is 48.3 Å². The fraction of sp³-hybridized carbons (Fsp3) is 0.235. The van der Waals surface area contributed by atoms with Gasteiger partial charge in [-0.25, -0.2) is 0 Å². The van der Waals surface area contributed by atoms with Gasteiger partial charge in [0.25, 0.3) is 5.91 Å². The van der Waals surface area contributed by atoms with E-state index >= 15 is 0 Å². The molecule has 1 aromatic heterocycles. The number of benzene rings is 1. The van der Waals surface area contributed by atoms with Gasteiger partial charge in [0, 0.05) is 17.3 Å². The van der Waals surface area contributed by atoms with Crippen molar-refractivity contribution >= 4 is 29.3 Å². The smallest absolute Gasteiger partial charge is 0.316 e. The number of ether oxygens (including phenoxy) is 1. The van der Waals surface area contributed by atoms with E-state index in [2.05, 4.69) is 4.98 Å². The number of thioether (sulfide) groups is 1. The number of carbonyl (C=O) groups is 2. The van der Waals surface area contributed by atoms with Crippen LogP contribution in [0.1, 0.15) is 17.3 Å². The Morgan fingerprint density at radius 2 is 2.12 bits per heavy atom. The fourth-order valence-corrected chi connectivity index (χ4v) is 3.30. The summed E-state index contributed by atoms with van der Waals surface area (Å²) in [5.74, 6) is -0.472. The Labute approximate surface area is 143 Å². The van der Waals surface area contributed by atoms with Crippen LogP contribution in [0.3, 0.4) is 0 Å². The monoisotopic (exact) mass is 344 g/mol. The molecule has 1 aliphatic heterocycles. The molecule has 0 aliphatic carbocycles. The van der Waals surface area contributed by atoms with Crippen molar-refractivity contribution in [3.63, 3.8) is 0 Å². The third kappa shape index (κ3) is 3.21. The number of nitrogens with zero attached hydrogens (tertiary/aromatic N) is 2. The Kier molecular flexibility index (Phi) is 4.71. The average molecular weight is 344 g/mol. The van der Waals surface area contributed by atoms with Crippen LogP contribution in [0.15, 0.2) is 47.6 Å². The number of para-hydroxylation sites is 2. The molecule has 6 nitrogen and oxygen atoms in total. The molecule has 1 N–H and O–H groups in total. The maximum absolute atomic E-state index is 13.0. The summed E-state index contributed by atoms with van der Waals surface area (Å²) >= 11 is 1.13. The van der Waals surface area contributed by atoms with Gasteiger partial charge in [-0.1, -0.05) is 12.1 Å². The van der Waals surface area contributed by atoms with Crippen LogP contribution in [-0.2, 0) is 4.79 Å². The van der Waals surface area contributed by atoms with Gasteiger partial charge in [0.05, 0.1) is 17.8 Å². The second-order valence-corrected chi connectivity index (χ2v) is 6.63. The third-order valence-corrected chi connectivity index (χ3v) is 4.80. The number of fused-ring (bicyclic) bond motifs is 1. The van der Waals surface area contributed by atoms with Gasteiger partial charge in [-0.05, 0) is 25.1 Å². The number of amides is 1. The highest BCUT2D eigenvalue weighted by Crippen LogP contribution is 2.34. The molecule has 2 aromatic rings. The number of rotatable bonds is 4. The summed E-state index contributed by atoms with van der Waals surface area (Å²) in [6.45, 7) is 2.44. The first-order valence-corrected chi connectivity index (χ1v) is 8.33. The van der Waals surface area contributed by atoms with E-state index in [1.54, 1.807) is 24.1 Å². The highest BCUT2D eigenvalue weighted by atomic mass is 32.2. The second kappa shape index (κ2) is 6.92. The van der Waals surface area contributed by atoms with Crippen LogP contribution in [-0.4, -0.2) is 40.4 Å². The van der Waals surface area contributed by atoms with Crippen molar-refractivity contribution in [1.29, 1.82) is 0 Å². The fourth-order valence-electron chi connectivity index (χ4n) is 2.41. The Morgan fingerprint density at radius 3 is 2.92 bits per heavy atom. The molecule has 0 fully saturated rings. The van der Waals surface area contributed by atoms with Crippen LogP contribution in [0, 0.1) is 0 Å². The molecule has 1 atom stereocenters. The van der Waals surface area contributed by atoms with E-state index in [1.165, 1.54) is 6.20 Å². The Morgan fingerprint density at radius 1 is 1.33 bits per heavy atom. The first-order valence-electron chi connectivity index (χ1n) is 7.45. The van der Waals surface area contributed by atoms with Gasteiger partial charge in [-0.3, -0.25) is 14.6 Å². The van der Waals surface area contributed by atoms with E-state index in [0.717, 1.165) is 11.8 Å². The van der Waals surface area contributed by atoms with Crippen molar-refractivity contribution < 1.29 is 19.4 Å². The Bertz CT molecular complexity index is 781. The molecular weight excluding hydrogens is 328 g/mol. The molecule has 0 saturated carbocycles. The maximum Gasteiger partial charge on any atom is 0.316 e. The number of carboxylic acids is 1. The minimum atomic E-state index is -0.924. The van der Waals surface area contributed by atoms with Gasteiger partial charge in [0.2, 0.25) is 0 Å². The maximum atomic E-state index is 13.0. The SMILES string of the molecule is CC(Sc1ccncc1C(=O)N1CCOc2ccccc21)C(=O)O. The summed E-state index contributed by atoms with van der Waals surface area (Å²) in [5, 5.41) is 8.45. The van der Waals surface area contributed by atoms with Gasteiger partial charge in [0.1, 0.15) is 17.6 Å². The van der Waals surface area contributed by atoms with E-state index in [0.29, 0.717) is 35.0 Å². The van der Waals surface area contributed by atoms with E-state index < -0.39 is 11.2 Å². The first-order chi connectivity index (χ1) is 11.6. The lowest BCUT2D eigenvalue weighted by Crippen LogP contribution is -2.38. The molecule has 0 saturated heterocycles. The molecule has 1 unspecified atom stereocenters. The Balaban J connectivity index is 1.93. The van der Waals surface area contributed by atoms with Crippen molar-refractivity contribution in [2.75, 3.05) is 18.1 Å². The minimum Gasteiger partial charge on any atom is -0.490 e. The molecule has 1 aliphatic rings. The van der Waals surface area contributed by atoms with E-state index in [-0.39, 0.29) is 5.91 Å². The lowest BCUT2D eigenvalue weighted by molar-refractivity contribution is -0.136. The highest BCUT2D eigenvalue weighted by molar-refractivity contribution is 8.00. The van der Waals surface area contributed by atoms with Crippen molar-refractivity contribution in [1.82, 2.24) is 4.98 Å². The predicted molar refractivity (Wildman–Crippen MR) is 90.8 cm³/mol. The largest absolute Gasteiger partial charge is 0.490 e. The molecule has 0 spiro atoms. The molecule has 1 amide bonds. The number of hydrogen-bond donors (Lipinski definition) is 1. The molecule has 0 bridgehead atoms. The molecule has 1 aromatic carbocycles. The topological polar surface area (TPSA) is 79.7 Å². The summed E-state index contributed by atoms with van der Waals surface area (Å²) < 4.78 is 5.57. The summed E-state index contributed by atoms with van der Waals surface area (Å²) in [6.07, 6.45) is 3.04. The zero-order valence-electron chi connectivity index (χ0n) is 13.0. The third-order valence-electron chi connectivity index (χ3n) is 3.64. The summed E-state index contributed by atoms with van der Waals surface area (Å²) in [7, 11) is 0. The first kappa shape index (κ1) is 16.3. The number of carbonyl (C=O) groups excluding carboxylic acids is 1. The second-order valence-electron chi connectivity index (χ2n) is 5.24. The molecule has 2 heterocycles.